The highest BCUT2D eigenvalue weighted by atomic mass is 16.1. The predicted molar refractivity (Wildman–Crippen MR) is 72.5 cm³/mol. The van der Waals surface area contributed by atoms with Gasteiger partial charge in [-0.3, -0.25) is 4.79 Å². The largest absolute Gasteiger partial charge is 0.398 e. The summed E-state index contributed by atoms with van der Waals surface area (Å²) in [7, 11) is 0. The number of aromatic nitrogens is 1. The van der Waals surface area contributed by atoms with Crippen molar-refractivity contribution in [3.05, 3.63) is 53.2 Å². The smallest absolute Gasteiger partial charge is 0.257 e. The van der Waals surface area contributed by atoms with Crippen LogP contribution in [0.3, 0.4) is 0 Å². The van der Waals surface area contributed by atoms with E-state index in [2.05, 4.69) is 10.3 Å². The van der Waals surface area contributed by atoms with E-state index in [0.29, 0.717) is 17.1 Å². The average Bonchev–Trinajstić information content (AvgIpc) is 2.35. The van der Waals surface area contributed by atoms with Gasteiger partial charge in [-0.05, 0) is 43.2 Å². The molecule has 0 radical (unpaired) electrons. The van der Waals surface area contributed by atoms with Crippen molar-refractivity contribution in [2.45, 2.75) is 13.8 Å². The van der Waals surface area contributed by atoms with Crippen LogP contribution in [0, 0.1) is 13.8 Å². The molecule has 18 heavy (non-hydrogen) atoms. The number of benzene rings is 1. The summed E-state index contributed by atoms with van der Waals surface area (Å²) >= 11 is 0. The Bertz CT molecular complexity index is 579. The molecule has 0 saturated heterocycles. The molecule has 4 heteroatoms. The normalized spacial score (nSPS) is 10.1. The van der Waals surface area contributed by atoms with Gasteiger partial charge in [0.1, 0.15) is 5.82 Å². The first-order valence-corrected chi connectivity index (χ1v) is 5.67. The van der Waals surface area contributed by atoms with Gasteiger partial charge in [0.05, 0.1) is 0 Å². The molecule has 3 N–H and O–H groups in total. The number of amides is 1. The van der Waals surface area contributed by atoms with Gasteiger partial charge in [0.2, 0.25) is 0 Å². The number of hydrogen-bond acceptors (Lipinski definition) is 3. The van der Waals surface area contributed by atoms with Crippen LogP contribution >= 0.6 is 0 Å². The van der Waals surface area contributed by atoms with Crippen molar-refractivity contribution in [2.24, 2.45) is 0 Å². The molecular weight excluding hydrogens is 226 g/mol. The molecule has 0 aliphatic rings. The number of nitrogens with one attached hydrogen (secondary N) is 1. The third-order valence-corrected chi connectivity index (χ3v) is 2.76. The fourth-order valence-corrected chi connectivity index (χ4v) is 1.73. The van der Waals surface area contributed by atoms with E-state index >= 15 is 0 Å². The molecule has 0 aliphatic carbocycles. The molecule has 1 amide bonds. The van der Waals surface area contributed by atoms with Gasteiger partial charge in [-0.15, -0.1) is 0 Å². The second-order valence-corrected chi connectivity index (χ2v) is 4.19. The standard InChI is InChI=1S/C14H15N3O/c1-9-7-10(2)12(15)8-11(9)14(18)17-13-5-3-4-6-16-13/h3-8H,15H2,1-2H3,(H,16,17,18). The molecule has 0 atom stereocenters. The first-order valence-electron chi connectivity index (χ1n) is 5.67. The van der Waals surface area contributed by atoms with Crippen molar-refractivity contribution in [1.29, 1.82) is 0 Å². The van der Waals surface area contributed by atoms with E-state index in [1.54, 1.807) is 24.4 Å². The second kappa shape index (κ2) is 4.87. The maximum atomic E-state index is 12.1. The summed E-state index contributed by atoms with van der Waals surface area (Å²) in [6.45, 7) is 3.81. The number of nitrogens with two attached hydrogens (primary N) is 1. The number of carbonyl (C=O) groups is 1. The highest BCUT2D eigenvalue weighted by Crippen LogP contribution is 2.18. The van der Waals surface area contributed by atoms with Gasteiger partial charge in [-0.1, -0.05) is 12.1 Å². The van der Waals surface area contributed by atoms with Crippen LogP contribution in [0.5, 0.6) is 0 Å². The van der Waals surface area contributed by atoms with Crippen LogP contribution in [-0.2, 0) is 0 Å². The summed E-state index contributed by atoms with van der Waals surface area (Å²) < 4.78 is 0. The minimum atomic E-state index is -0.196. The molecule has 2 rings (SSSR count). The van der Waals surface area contributed by atoms with Crippen LogP contribution in [0.1, 0.15) is 21.5 Å². The Morgan fingerprint density at radius 3 is 2.67 bits per heavy atom. The zero-order valence-electron chi connectivity index (χ0n) is 10.4. The van der Waals surface area contributed by atoms with Gasteiger partial charge in [-0.25, -0.2) is 4.98 Å². The van der Waals surface area contributed by atoms with Crippen molar-refractivity contribution in [3.63, 3.8) is 0 Å². The average molecular weight is 241 g/mol. The molecule has 4 nitrogen and oxygen atoms in total. The fraction of sp³-hybridized carbons (Fsp3) is 0.143. The molecule has 0 unspecified atom stereocenters. The highest BCUT2D eigenvalue weighted by molar-refractivity contribution is 6.05. The van der Waals surface area contributed by atoms with Crippen molar-refractivity contribution in [2.75, 3.05) is 11.1 Å². The Kier molecular flexibility index (Phi) is 3.28. The molecule has 0 spiro atoms. The Balaban J connectivity index is 2.27. The second-order valence-electron chi connectivity index (χ2n) is 4.19. The molecule has 0 aliphatic heterocycles. The number of carbonyl (C=O) groups excluding carboxylic acids is 1. The van der Waals surface area contributed by atoms with E-state index in [-0.39, 0.29) is 5.91 Å². The minimum absolute atomic E-state index is 0.196. The Morgan fingerprint density at radius 1 is 1.22 bits per heavy atom. The number of aryl methyl sites for hydroxylation is 2. The number of anilines is 2. The summed E-state index contributed by atoms with van der Waals surface area (Å²) in [5.41, 5.74) is 8.89. The quantitative estimate of drug-likeness (QED) is 0.794. The van der Waals surface area contributed by atoms with Crippen LogP contribution in [0.2, 0.25) is 0 Å². The van der Waals surface area contributed by atoms with E-state index in [9.17, 15) is 4.79 Å². The molecule has 0 bridgehead atoms. The van der Waals surface area contributed by atoms with Gasteiger partial charge in [-0.2, -0.15) is 0 Å². The number of hydrogen-bond donors (Lipinski definition) is 2. The lowest BCUT2D eigenvalue weighted by Crippen LogP contribution is -2.14. The maximum Gasteiger partial charge on any atom is 0.257 e. The predicted octanol–water partition coefficient (Wildman–Crippen LogP) is 2.53. The van der Waals surface area contributed by atoms with Gasteiger partial charge in [0.15, 0.2) is 0 Å². The van der Waals surface area contributed by atoms with Crippen molar-refractivity contribution < 1.29 is 4.79 Å². The van der Waals surface area contributed by atoms with E-state index < -0.39 is 0 Å². The van der Waals surface area contributed by atoms with Crippen LogP contribution in [0.15, 0.2) is 36.5 Å². The Hall–Kier alpha value is -2.36. The molecule has 92 valence electrons. The number of nitrogen functional groups attached to an aromatic ring is 1. The monoisotopic (exact) mass is 241 g/mol. The third kappa shape index (κ3) is 2.48. The first-order chi connectivity index (χ1) is 8.58. The van der Waals surface area contributed by atoms with Crippen molar-refractivity contribution in [1.82, 2.24) is 4.98 Å². The summed E-state index contributed by atoms with van der Waals surface area (Å²) in [5.74, 6) is 0.332. The van der Waals surface area contributed by atoms with Gasteiger partial charge in [0, 0.05) is 17.4 Å². The number of nitrogens with zero attached hydrogens (tertiary/aromatic N) is 1. The summed E-state index contributed by atoms with van der Waals surface area (Å²) in [5, 5.41) is 2.74. The number of pyridine rings is 1. The fourth-order valence-electron chi connectivity index (χ4n) is 1.73. The van der Waals surface area contributed by atoms with Crippen LogP contribution in [0.25, 0.3) is 0 Å². The van der Waals surface area contributed by atoms with Crippen LogP contribution in [-0.4, -0.2) is 10.9 Å². The molecule has 2 aromatic rings. The minimum Gasteiger partial charge on any atom is -0.398 e. The van der Waals surface area contributed by atoms with Gasteiger partial charge < -0.3 is 11.1 Å². The van der Waals surface area contributed by atoms with E-state index in [1.807, 2.05) is 26.0 Å². The lowest BCUT2D eigenvalue weighted by Gasteiger charge is -2.09. The van der Waals surface area contributed by atoms with Crippen molar-refractivity contribution >= 4 is 17.4 Å². The van der Waals surface area contributed by atoms with E-state index in [0.717, 1.165) is 11.1 Å². The van der Waals surface area contributed by atoms with Crippen LogP contribution < -0.4 is 11.1 Å². The molecule has 1 aromatic carbocycles. The lowest BCUT2D eigenvalue weighted by atomic mass is 10.0. The van der Waals surface area contributed by atoms with Gasteiger partial charge >= 0.3 is 0 Å². The first kappa shape index (κ1) is 12.1. The Labute approximate surface area is 106 Å². The summed E-state index contributed by atoms with van der Waals surface area (Å²) in [6.07, 6.45) is 1.63. The molecule has 0 fully saturated rings. The zero-order valence-corrected chi connectivity index (χ0v) is 10.4. The van der Waals surface area contributed by atoms with Crippen molar-refractivity contribution in [3.8, 4) is 0 Å². The third-order valence-electron chi connectivity index (χ3n) is 2.76. The topological polar surface area (TPSA) is 68.0 Å². The Morgan fingerprint density at radius 2 is 2.00 bits per heavy atom. The zero-order chi connectivity index (χ0) is 13.1. The molecule has 0 saturated carbocycles. The molecule has 1 heterocycles. The number of rotatable bonds is 2. The molecule has 1 aromatic heterocycles. The van der Waals surface area contributed by atoms with E-state index in [4.69, 9.17) is 5.73 Å². The summed E-state index contributed by atoms with van der Waals surface area (Å²) in [4.78, 5) is 16.1. The van der Waals surface area contributed by atoms with Gasteiger partial charge in [0.25, 0.3) is 5.91 Å². The SMILES string of the molecule is Cc1cc(C)c(C(=O)Nc2ccccn2)cc1N. The highest BCUT2D eigenvalue weighted by Gasteiger charge is 2.11. The maximum absolute atomic E-state index is 12.1. The van der Waals surface area contributed by atoms with Crippen LogP contribution in [0.4, 0.5) is 11.5 Å². The lowest BCUT2D eigenvalue weighted by molar-refractivity contribution is 0.102. The molecular formula is C14H15N3O. The summed E-state index contributed by atoms with van der Waals surface area (Å²) in [6, 6.07) is 8.96. The van der Waals surface area contributed by atoms with E-state index in [1.165, 1.54) is 0 Å².